The summed E-state index contributed by atoms with van der Waals surface area (Å²) in [5, 5.41) is 9.12. The van der Waals surface area contributed by atoms with Gasteiger partial charge < -0.3 is 0 Å². The number of sulfonamides is 1. The molecule has 1 saturated heterocycles. The van der Waals surface area contributed by atoms with E-state index in [1.54, 1.807) is 60.1 Å². The Morgan fingerprint density at radius 2 is 1.60 bits per heavy atom. The number of rotatable bonds is 7. The molecule has 0 aliphatic carbocycles. The number of nitrogens with one attached hydrogen (secondary N) is 1. The summed E-state index contributed by atoms with van der Waals surface area (Å²) in [5.74, 6) is -1.60. The molecule has 1 atom stereocenters. The standard InChI is InChI=1S/C21H24FN3O4S/c22-19(17-7-3-1-4-8-17)11-16-30(28,29)25-14-12-24(13-15-25)20(21(26)23-27)18-9-5-2-6-10-18/h1-11,20,27H,12-16H2,(H,23,26). The first-order valence-corrected chi connectivity index (χ1v) is 11.1. The quantitative estimate of drug-likeness (QED) is 0.516. The summed E-state index contributed by atoms with van der Waals surface area (Å²) < 4.78 is 40.8. The lowest BCUT2D eigenvalue weighted by Crippen LogP contribution is -2.52. The molecule has 0 saturated carbocycles. The van der Waals surface area contributed by atoms with E-state index >= 15 is 0 Å². The molecular weight excluding hydrogens is 409 g/mol. The highest BCUT2D eigenvalue weighted by Gasteiger charge is 2.33. The van der Waals surface area contributed by atoms with Crippen LogP contribution in [-0.4, -0.2) is 60.7 Å². The summed E-state index contributed by atoms with van der Waals surface area (Å²) in [6, 6.07) is 16.5. The molecule has 0 bridgehead atoms. The zero-order chi connectivity index (χ0) is 21.6. The van der Waals surface area contributed by atoms with Crippen LogP contribution in [0.1, 0.15) is 17.2 Å². The maximum Gasteiger partial charge on any atom is 0.265 e. The Balaban J connectivity index is 1.65. The highest BCUT2D eigenvalue weighted by Crippen LogP contribution is 2.23. The minimum Gasteiger partial charge on any atom is -0.289 e. The van der Waals surface area contributed by atoms with Gasteiger partial charge in [0.25, 0.3) is 5.91 Å². The lowest BCUT2D eigenvalue weighted by Gasteiger charge is -2.37. The van der Waals surface area contributed by atoms with Gasteiger partial charge >= 0.3 is 0 Å². The van der Waals surface area contributed by atoms with Gasteiger partial charge in [-0.25, -0.2) is 18.3 Å². The molecule has 30 heavy (non-hydrogen) atoms. The Morgan fingerprint density at radius 3 is 2.17 bits per heavy atom. The van der Waals surface area contributed by atoms with Gasteiger partial charge in [0.05, 0.1) is 5.75 Å². The lowest BCUT2D eigenvalue weighted by molar-refractivity contribution is -0.135. The van der Waals surface area contributed by atoms with E-state index in [0.717, 1.165) is 6.08 Å². The Hall–Kier alpha value is -2.59. The molecule has 0 radical (unpaired) electrons. The Morgan fingerprint density at radius 1 is 1.03 bits per heavy atom. The maximum atomic E-state index is 14.2. The molecule has 1 aliphatic heterocycles. The van der Waals surface area contributed by atoms with Gasteiger partial charge in [-0.1, -0.05) is 60.7 Å². The van der Waals surface area contributed by atoms with Gasteiger partial charge in [-0.3, -0.25) is 14.9 Å². The lowest BCUT2D eigenvalue weighted by atomic mass is 10.0. The van der Waals surface area contributed by atoms with E-state index in [0.29, 0.717) is 24.2 Å². The molecule has 1 fully saturated rings. The first-order valence-electron chi connectivity index (χ1n) is 9.54. The van der Waals surface area contributed by atoms with Crippen LogP contribution in [0, 0.1) is 0 Å². The third-order valence-electron chi connectivity index (χ3n) is 5.03. The van der Waals surface area contributed by atoms with Gasteiger partial charge in [0.15, 0.2) is 0 Å². The highest BCUT2D eigenvalue weighted by atomic mass is 32.2. The molecular formula is C21H24FN3O4S. The van der Waals surface area contributed by atoms with E-state index in [1.807, 2.05) is 11.0 Å². The number of hydrogen-bond acceptors (Lipinski definition) is 5. The van der Waals surface area contributed by atoms with Crippen LogP contribution in [0.2, 0.25) is 0 Å². The normalized spacial score (nSPS) is 17.5. The van der Waals surface area contributed by atoms with Gasteiger partial charge in [0, 0.05) is 31.7 Å². The Kier molecular flexibility index (Phi) is 7.33. The van der Waals surface area contributed by atoms with Crippen LogP contribution in [0.15, 0.2) is 66.7 Å². The summed E-state index contributed by atoms with van der Waals surface area (Å²) in [5.41, 5.74) is 2.72. The molecule has 9 heteroatoms. The molecule has 1 amide bonds. The van der Waals surface area contributed by atoms with Crippen LogP contribution in [0.3, 0.4) is 0 Å². The molecule has 7 nitrogen and oxygen atoms in total. The average molecular weight is 434 g/mol. The Labute approximate surface area is 175 Å². The number of hydroxylamine groups is 1. The predicted molar refractivity (Wildman–Crippen MR) is 112 cm³/mol. The number of hydrogen-bond donors (Lipinski definition) is 2. The van der Waals surface area contributed by atoms with Crippen LogP contribution < -0.4 is 5.48 Å². The van der Waals surface area contributed by atoms with Crippen LogP contribution in [0.5, 0.6) is 0 Å². The average Bonchev–Trinajstić information content (AvgIpc) is 2.79. The first kappa shape index (κ1) is 22.1. The van der Waals surface area contributed by atoms with Crippen LogP contribution in [-0.2, 0) is 14.8 Å². The number of carbonyl (C=O) groups is 1. The summed E-state index contributed by atoms with van der Waals surface area (Å²) in [6.45, 7) is 0.949. The van der Waals surface area contributed by atoms with E-state index in [9.17, 15) is 17.6 Å². The molecule has 2 N–H and O–H groups in total. The van der Waals surface area contributed by atoms with Crippen molar-refractivity contribution in [2.75, 3.05) is 31.9 Å². The number of halogens is 1. The SMILES string of the molecule is O=C(NO)C(c1ccccc1)N1CCN(S(=O)(=O)CC=C(F)c2ccccc2)CC1. The molecule has 160 valence electrons. The Bertz CT molecular complexity index is 976. The van der Waals surface area contributed by atoms with Crippen LogP contribution in [0.4, 0.5) is 4.39 Å². The molecule has 2 aromatic rings. The van der Waals surface area contributed by atoms with Crippen molar-refractivity contribution >= 4 is 21.8 Å². The van der Waals surface area contributed by atoms with E-state index in [-0.39, 0.29) is 13.1 Å². The van der Waals surface area contributed by atoms with Crippen molar-refractivity contribution < 1.29 is 22.8 Å². The fourth-order valence-electron chi connectivity index (χ4n) is 3.46. The fraction of sp³-hybridized carbons (Fsp3) is 0.286. The van der Waals surface area contributed by atoms with E-state index in [1.165, 1.54) is 4.31 Å². The monoisotopic (exact) mass is 433 g/mol. The summed E-state index contributed by atoms with van der Waals surface area (Å²) in [6.07, 6.45) is 1.07. The van der Waals surface area contributed by atoms with Gasteiger partial charge in [0.2, 0.25) is 10.0 Å². The third kappa shape index (κ3) is 5.31. The molecule has 0 spiro atoms. The van der Waals surface area contributed by atoms with Crippen molar-refractivity contribution in [3.05, 3.63) is 77.9 Å². The second kappa shape index (κ2) is 9.94. The molecule has 0 aromatic heterocycles. The first-order chi connectivity index (χ1) is 14.4. The van der Waals surface area contributed by atoms with Gasteiger partial charge in [0.1, 0.15) is 11.9 Å². The fourth-order valence-corrected chi connectivity index (χ4v) is 4.75. The third-order valence-corrected chi connectivity index (χ3v) is 6.77. The number of piperazine rings is 1. The maximum absolute atomic E-state index is 14.2. The van der Waals surface area contributed by atoms with Crippen molar-refractivity contribution in [3.8, 4) is 0 Å². The highest BCUT2D eigenvalue weighted by molar-refractivity contribution is 7.89. The molecule has 1 heterocycles. The minimum absolute atomic E-state index is 0.172. The van der Waals surface area contributed by atoms with Crippen molar-refractivity contribution in [1.82, 2.24) is 14.7 Å². The van der Waals surface area contributed by atoms with E-state index < -0.39 is 33.6 Å². The molecule has 1 aliphatic rings. The summed E-state index contributed by atoms with van der Waals surface area (Å²) >= 11 is 0. The van der Waals surface area contributed by atoms with Crippen molar-refractivity contribution in [2.45, 2.75) is 6.04 Å². The number of carbonyl (C=O) groups excluding carboxylic acids is 1. The van der Waals surface area contributed by atoms with Gasteiger partial charge in [-0.05, 0) is 11.6 Å². The van der Waals surface area contributed by atoms with Crippen molar-refractivity contribution in [2.24, 2.45) is 0 Å². The van der Waals surface area contributed by atoms with Crippen molar-refractivity contribution in [3.63, 3.8) is 0 Å². The zero-order valence-corrected chi connectivity index (χ0v) is 17.1. The molecule has 1 unspecified atom stereocenters. The second-order valence-electron chi connectivity index (χ2n) is 6.92. The topological polar surface area (TPSA) is 89.9 Å². The van der Waals surface area contributed by atoms with Crippen LogP contribution >= 0.6 is 0 Å². The van der Waals surface area contributed by atoms with Gasteiger partial charge in [-0.2, -0.15) is 4.31 Å². The predicted octanol–water partition coefficient (Wildman–Crippen LogP) is 2.19. The van der Waals surface area contributed by atoms with E-state index in [2.05, 4.69) is 0 Å². The second-order valence-corrected chi connectivity index (χ2v) is 8.93. The molecule has 2 aromatic carbocycles. The van der Waals surface area contributed by atoms with Crippen molar-refractivity contribution in [1.29, 1.82) is 0 Å². The summed E-state index contributed by atoms with van der Waals surface area (Å²) in [4.78, 5) is 14.0. The number of nitrogens with zero attached hydrogens (tertiary/aromatic N) is 2. The largest absolute Gasteiger partial charge is 0.289 e. The zero-order valence-electron chi connectivity index (χ0n) is 16.3. The number of benzene rings is 2. The minimum atomic E-state index is -3.69. The number of amides is 1. The van der Waals surface area contributed by atoms with Gasteiger partial charge in [-0.15, -0.1) is 0 Å². The molecule has 3 rings (SSSR count). The summed E-state index contributed by atoms with van der Waals surface area (Å²) in [7, 11) is -3.69. The van der Waals surface area contributed by atoms with E-state index in [4.69, 9.17) is 5.21 Å². The smallest absolute Gasteiger partial charge is 0.265 e. The van der Waals surface area contributed by atoms with Crippen LogP contribution in [0.25, 0.3) is 5.83 Å².